The summed E-state index contributed by atoms with van der Waals surface area (Å²) < 4.78 is 24.1. The predicted octanol–water partition coefficient (Wildman–Crippen LogP) is 3.37. The lowest BCUT2D eigenvalue weighted by molar-refractivity contribution is -0.123. The van der Waals surface area contributed by atoms with E-state index in [2.05, 4.69) is 10.5 Å². The number of ether oxygens (including phenoxy) is 2. The molecule has 0 aliphatic heterocycles. The molecule has 0 saturated heterocycles. The summed E-state index contributed by atoms with van der Waals surface area (Å²) in [5.41, 5.74) is 5.43. The minimum absolute atomic E-state index is 0.155. The summed E-state index contributed by atoms with van der Waals surface area (Å²) in [5, 5.41) is 3.97. The average molecular weight is 344 g/mol. The Morgan fingerprint density at radius 3 is 2.60 bits per heavy atom. The van der Waals surface area contributed by atoms with Gasteiger partial charge in [-0.05, 0) is 56.2 Å². The molecule has 0 unspecified atom stereocenters. The quantitative estimate of drug-likeness (QED) is 0.646. The van der Waals surface area contributed by atoms with E-state index in [1.165, 1.54) is 19.2 Å². The average Bonchev–Trinajstić information content (AvgIpc) is 2.60. The number of hydrogen-bond donors (Lipinski definition) is 1. The Balaban J connectivity index is 1.95. The number of methoxy groups -OCH3 is 1. The van der Waals surface area contributed by atoms with Crippen molar-refractivity contribution in [3.63, 3.8) is 0 Å². The first kappa shape index (κ1) is 18.4. The molecule has 25 heavy (non-hydrogen) atoms. The predicted molar refractivity (Wildman–Crippen MR) is 94.7 cm³/mol. The first-order valence-corrected chi connectivity index (χ1v) is 7.78. The standard InChI is InChI=1S/C19H21FN2O3/c1-12-5-6-13(2)18(9-12)25-11-19(23)22-21-14(3)15-7-8-17(24-4)16(20)10-15/h5-10H,11H2,1-4H3,(H,22,23)/b21-14-. The molecule has 6 heteroatoms. The minimum atomic E-state index is -0.487. The highest BCUT2D eigenvalue weighted by atomic mass is 19.1. The van der Waals surface area contributed by atoms with E-state index in [9.17, 15) is 9.18 Å². The summed E-state index contributed by atoms with van der Waals surface area (Å²) in [6.07, 6.45) is 0. The molecule has 1 amide bonds. The van der Waals surface area contributed by atoms with Crippen molar-refractivity contribution in [1.29, 1.82) is 0 Å². The van der Waals surface area contributed by atoms with Crippen LogP contribution in [0.4, 0.5) is 4.39 Å². The number of benzene rings is 2. The fourth-order valence-corrected chi connectivity index (χ4v) is 2.14. The second-order valence-electron chi connectivity index (χ2n) is 5.64. The first-order chi connectivity index (χ1) is 11.9. The number of nitrogens with one attached hydrogen (secondary N) is 1. The number of halogens is 1. The van der Waals surface area contributed by atoms with Crippen molar-refractivity contribution in [3.8, 4) is 11.5 Å². The lowest BCUT2D eigenvalue weighted by Crippen LogP contribution is -2.25. The molecule has 0 radical (unpaired) electrons. The molecule has 0 atom stereocenters. The SMILES string of the molecule is COc1ccc(/C(C)=N\NC(=O)COc2cc(C)ccc2C)cc1F. The molecule has 2 aromatic rings. The van der Waals surface area contributed by atoms with E-state index in [4.69, 9.17) is 9.47 Å². The maximum atomic E-state index is 13.7. The summed E-state index contributed by atoms with van der Waals surface area (Å²) in [6.45, 7) is 5.38. The van der Waals surface area contributed by atoms with Gasteiger partial charge in [0.2, 0.25) is 0 Å². The van der Waals surface area contributed by atoms with Crippen LogP contribution in [0.15, 0.2) is 41.5 Å². The van der Waals surface area contributed by atoms with Gasteiger partial charge in [-0.2, -0.15) is 5.10 Å². The largest absolute Gasteiger partial charge is 0.494 e. The maximum absolute atomic E-state index is 13.7. The normalized spacial score (nSPS) is 11.2. The smallest absolute Gasteiger partial charge is 0.277 e. The van der Waals surface area contributed by atoms with Crippen LogP contribution >= 0.6 is 0 Å². The molecule has 2 aromatic carbocycles. The maximum Gasteiger partial charge on any atom is 0.277 e. The van der Waals surface area contributed by atoms with Crippen LogP contribution in [0.3, 0.4) is 0 Å². The van der Waals surface area contributed by atoms with Crippen molar-refractivity contribution < 1.29 is 18.7 Å². The third kappa shape index (κ3) is 5.04. The summed E-state index contributed by atoms with van der Waals surface area (Å²) in [7, 11) is 1.40. The van der Waals surface area contributed by atoms with Crippen LogP contribution in [0, 0.1) is 19.7 Å². The van der Waals surface area contributed by atoms with E-state index in [0.717, 1.165) is 11.1 Å². The highest BCUT2D eigenvalue weighted by Crippen LogP contribution is 2.19. The zero-order valence-electron chi connectivity index (χ0n) is 14.7. The summed E-state index contributed by atoms with van der Waals surface area (Å²) in [6, 6.07) is 10.3. The molecular weight excluding hydrogens is 323 g/mol. The molecule has 0 heterocycles. The van der Waals surface area contributed by atoms with Crippen LogP contribution in [0.25, 0.3) is 0 Å². The molecule has 132 valence electrons. The highest BCUT2D eigenvalue weighted by molar-refractivity contribution is 5.99. The zero-order chi connectivity index (χ0) is 18.4. The van der Waals surface area contributed by atoms with E-state index in [1.54, 1.807) is 13.0 Å². The minimum Gasteiger partial charge on any atom is -0.494 e. The van der Waals surface area contributed by atoms with E-state index < -0.39 is 11.7 Å². The molecule has 2 rings (SSSR count). The topological polar surface area (TPSA) is 59.9 Å². The third-order valence-corrected chi connectivity index (χ3v) is 3.62. The monoisotopic (exact) mass is 344 g/mol. The molecule has 5 nitrogen and oxygen atoms in total. The van der Waals surface area contributed by atoms with Crippen molar-refractivity contribution >= 4 is 11.6 Å². The highest BCUT2D eigenvalue weighted by Gasteiger charge is 2.07. The van der Waals surface area contributed by atoms with Gasteiger partial charge in [0, 0.05) is 5.56 Å². The van der Waals surface area contributed by atoms with Gasteiger partial charge >= 0.3 is 0 Å². The van der Waals surface area contributed by atoms with Gasteiger partial charge in [-0.1, -0.05) is 12.1 Å². The van der Waals surface area contributed by atoms with Gasteiger partial charge in [0.25, 0.3) is 5.91 Å². The summed E-state index contributed by atoms with van der Waals surface area (Å²) >= 11 is 0. The van der Waals surface area contributed by atoms with Gasteiger partial charge in [-0.15, -0.1) is 0 Å². The fourth-order valence-electron chi connectivity index (χ4n) is 2.14. The van der Waals surface area contributed by atoms with E-state index in [1.807, 2.05) is 32.0 Å². The Hall–Kier alpha value is -2.89. The molecule has 0 bridgehead atoms. The molecule has 0 fully saturated rings. The van der Waals surface area contributed by atoms with Gasteiger partial charge in [0.05, 0.1) is 12.8 Å². The van der Waals surface area contributed by atoms with E-state index in [-0.39, 0.29) is 12.4 Å². The van der Waals surface area contributed by atoms with Crippen molar-refractivity contribution in [3.05, 3.63) is 58.9 Å². The van der Waals surface area contributed by atoms with Gasteiger partial charge in [-0.3, -0.25) is 4.79 Å². The van der Waals surface area contributed by atoms with Gasteiger partial charge in [0.15, 0.2) is 18.2 Å². The van der Waals surface area contributed by atoms with Crippen molar-refractivity contribution in [1.82, 2.24) is 5.43 Å². The molecule has 1 N–H and O–H groups in total. The van der Waals surface area contributed by atoms with Crippen LogP contribution in [0.5, 0.6) is 11.5 Å². The number of carbonyl (C=O) groups is 1. The number of aryl methyl sites for hydroxylation is 2. The molecule has 0 aromatic heterocycles. The van der Waals surface area contributed by atoms with Gasteiger partial charge in [-0.25, -0.2) is 9.82 Å². The van der Waals surface area contributed by atoms with Crippen LogP contribution in [0.1, 0.15) is 23.6 Å². The molecular formula is C19H21FN2O3. The van der Waals surface area contributed by atoms with Crippen LogP contribution in [0.2, 0.25) is 0 Å². The number of nitrogens with zero attached hydrogens (tertiary/aromatic N) is 1. The lowest BCUT2D eigenvalue weighted by Gasteiger charge is -2.09. The number of rotatable bonds is 6. The molecule has 0 spiro atoms. The molecule has 0 aliphatic carbocycles. The van der Waals surface area contributed by atoms with Crippen LogP contribution < -0.4 is 14.9 Å². The number of hydrazone groups is 1. The Morgan fingerprint density at radius 1 is 1.16 bits per heavy atom. The zero-order valence-corrected chi connectivity index (χ0v) is 14.7. The van der Waals surface area contributed by atoms with Crippen LogP contribution in [-0.4, -0.2) is 25.3 Å². The first-order valence-electron chi connectivity index (χ1n) is 7.78. The third-order valence-electron chi connectivity index (χ3n) is 3.62. The van der Waals surface area contributed by atoms with Gasteiger partial charge < -0.3 is 9.47 Å². The van der Waals surface area contributed by atoms with E-state index in [0.29, 0.717) is 17.0 Å². The second-order valence-corrected chi connectivity index (χ2v) is 5.64. The van der Waals surface area contributed by atoms with Crippen molar-refractivity contribution in [2.45, 2.75) is 20.8 Å². The molecule has 0 aliphatic rings. The lowest BCUT2D eigenvalue weighted by atomic mass is 10.1. The Labute approximate surface area is 146 Å². The Kier molecular flexibility index (Phi) is 6.11. The summed E-state index contributed by atoms with van der Waals surface area (Å²) in [5.74, 6) is -0.0658. The second kappa shape index (κ2) is 8.28. The Morgan fingerprint density at radius 2 is 1.92 bits per heavy atom. The Bertz CT molecular complexity index is 803. The van der Waals surface area contributed by atoms with E-state index >= 15 is 0 Å². The number of amides is 1. The van der Waals surface area contributed by atoms with Crippen LogP contribution in [-0.2, 0) is 4.79 Å². The van der Waals surface area contributed by atoms with Crippen molar-refractivity contribution in [2.75, 3.05) is 13.7 Å². The number of hydrogen-bond acceptors (Lipinski definition) is 4. The van der Waals surface area contributed by atoms with Gasteiger partial charge in [0.1, 0.15) is 5.75 Å². The summed E-state index contributed by atoms with van der Waals surface area (Å²) in [4.78, 5) is 11.9. The van der Waals surface area contributed by atoms with Crippen molar-refractivity contribution in [2.24, 2.45) is 5.10 Å². The number of carbonyl (C=O) groups excluding carboxylic acids is 1. The molecule has 0 saturated carbocycles. The fraction of sp³-hybridized carbons (Fsp3) is 0.263.